The maximum Gasteiger partial charge on any atom is 0.155 e. The summed E-state index contributed by atoms with van der Waals surface area (Å²) in [4.78, 5) is 14.5. The molecule has 0 atom stereocenters. The number of aliphatic hydroxyl groups excluding tert-OH is 1. The number of hydrogen-bond acceptors (Lipinski definition) is 3. The summed E-state index contributed by atoms with van der Waals surface area (Å²) in [5.74, 6) is -0.326. The van der Waals surface area contributed by atoms with E-state index in [9.17, 15) is 9.18 Å². The molecule has 1 heterocycles. The fourth-order valence-corrected chi connectivity index (χ4v) is 2.26. The van der Waals surface area contributed by atoms with E-state index in [1.807, 2.05) is 37.3 Å². The Bertz CT molecular complexity index is 934. The molecule has 5 heteroatoms. The first-order chi connectivity index (χ1) is 11.8. The minimum absolute atomic E-state index is 0. The summed E-state index contributed by atoms with van der Waals surface area (Å²) in [5.41, 5.74) is 3.57. The van der Waals surface area contributed by atoms with Gasteiger partial charge in [-0.2, -0.15) is 0 Å². The summed E-state index contributed by atoms with van der Waals surface area (Å²) in [7, 11) is 0. The van der Waals surface area contributed by atoms with Crippen molar-refractivity contribution in [3.05, 3.63) is 77.8 Å². The molecule has 2 aromatic carbocycles. The van der Waals surface area contributed by atoms with E-state index in [1.54, 1.807) is 6.07 Å². The molecular formula is C21H19FIrNO2-. The SMILES string of the molecule is CC(=O)/C=C(/C)O.Cc1cc[c-]c(-c2ccc3ccc(F)cc3n2)c1.[Ir]. The number of carbonyl (C=O) groups is 1. The van der Waals surface area contributed by atoms with Gasteiger partial charge < -0.3 is 5.11 Å². The predicted molar refractivity (Wildman–Crippen MR) is 97.8 cm³/mol. The zero-order valence-corrected chi connectivity index (χ0v) is 17.1. The van der Waals surface area contributed by atoms with E-state index < -0.39 is 0 Å². The number of nitrogens with zero attached hydrogens (tertiary/aromatic N) is 1. The smallest absolute Gasteiger partial charge is 0.155 e. The van der Waals surface area contributed by atoms with Crippen molar-refractivity contribution >= 4 is 16.7 Å². The standard InChI is InChI=1S/C16H11FN.C5H8O2.Ir/c1-11-3-2-4-13(9-11)15-8-6-12-5-7-14(17)10-16(12)18-15;1-4(6)3-5(2)7;/h2-3,5-10H,1H3;3,6H,1-2H3;/q-1;;/b;4-3-;. The van der Waals surface area contributed by atoms with Crippen LogP contribution in [0.4, 0.5) is 4.39 Å². The molecule has 3 nitrogen and oxygen atoms in total. The summed E-state index contributed by atoms with van der Waals surface area (Å²) in [6.07, 6.45) is 1.17. The Hall–Kier alpha value is -2.36. The topological polar surface area (TPSA) is 50.2 Å². The average molecular weight is 529 g/mol. The summed E-state index contributed by atoms with van der Waals surface area (Å²) >= 11 is 0. The fourth-order valence-electron chi connectivity index (χ4n) is 2.26. The number of carbonyl (C=O) groups excluding carboxylic acids is 1. The number of fused-ring (bicyclic) bond motifs is 1. The Balaban J connectivity index is 0.000000366. The molecule has 0 aliphatic carbocycles. The van der Waals surface area contributed by atoms with Gasteiger partial charge in [0.15, 0.2) is 5.78 Å². The number of halogens is 1. The van der Waals surface area contributed by atoms with E-state index in [4.69, 9.17) is 5.11 Å². The van der Waals surface area contributed by atoms with Gasteiger partial charge in [0.1, 0.15) is 5.82 Å². The quantitative estimate of drug-likeness (QED) is 0.283. The Kier molecular flexibility index (Phi) is 8.30. The molecule has 137 valence electrons. The average Bonchev–Trinajstić information content (AvgIpc) is 2.53. The normalized spacial score (nSPS) is 10.5. The molecule has 0 aliphatic heterocycles. The van der Waals surface area contributed by atoms with E-state index >= 15 is 0 Å². The van der Waals surface area contributed by atoms with E-state index in [-0.39, 0.29) is 37.5 Å². The summed E-state index contributed by atoms with van der Waals surface area (Å²) in [6, 6.07) is 17.6. The van der Waals surface area contributed by atoms with E-state index in [0.717, 1.165) is 22.2 Å². The summed E-state index contributed by atoms with van der Waals surface area (Å²) < 4.78 is 13.2. The van der Waals surface area contributed by atoms with Crippen LogP contribution >= 0.6 is 0 Å². The van der Waals surface area contributed by atoms with Crippen molar-refractivity contribution in [3.8, 4) is 11.3 Å². The maximum atomic E-state index is 13.2. The number of aliphatic hydroxyl groups is 1. The molecule has 0 spiro atoms. The number of rotatable bonds is 2. The van der Waals surface area contributed by atoms with E-state index in [2.05, 4.69) is 11.1 Å². The van der Waals surface area contributed by atoms with Crippen molar-refractivity contribution in [1.29, 1.82) is 0 Å². The number of aryl methyl sites for hydroxylation is 1. The van der Waals surface area contributed by atoms with Crippen molar-refractivity contribution in [2.75, 3.05) is 0 Å². The molecular weight excluding hydrogens is 509 g/mol. The van der Waals surface area contributed by atoms with Crippen LogP contribution in [0.3, 0.4) is 0 Å². The van der Waals surface area contributed by atoms with Gasteiger partial charge in [-0.1, -0.05) is 19.1 Å². The minimum atomic E-state index is -0.264. The van der Waals surface area contributed by atoms with Gasteiger partial charge in [-0.05, 0) is 43.1 Å². The molecule has 0 saturated heterocycles. The Labute approximate surface area is 165 Å². The molecule has 0 saturated carbocycles. The second kappa shape index (κ2) is 9.95. The third kappa shape index (κ3) is 6.51. The first-order valence-electron chi connectivity index (χ1n) is 7.78. The second-order valence-electron chi connectivity index (χ2n) is 5.71. The first kappa shape index (κ1) is 21.7. The number of aromatic nitrogens is 1. The Morgan fingerprint density at radius 1 is 1.15 bits per heavy atom. The van der Waals surface area contributed by atoms with Crippen LogP contribution < -0.4 is 0 Å². The molecule has 3 aromatic rings. The molecule has 0 aliphatic rings. The maximum absolute atomic E-state index is 13.2. The van der Waals surface area contributed by atoms with Crippen LogP contribution in [0, 0.1) is 18.8 Å². The second-order valence-corrected chi connectivity index (χ2v) is 5.71. The fraction of sp³-hybridized carbons (Fsp3) is 0.143. The van der Waals surface area contributed by atoms with Gasteiger partial charge in [-0.15, -0.1) is 35.4 Å². The molecule has 1 aromatic heterocycles. The van der Waals surface area contributed by atoms with Crippen LogP contribution in [-0.2, 0) is 24.9 Å². The van der Waals surface area contributed by atoms with Crippen LogP contribution in [-0.4, -0.2) is 15.9 Å². The predicted octanol–water partition coefficient (Wildman–Crippen LogP) is 5.18. The largest absolute Gasteiger partial charge is 0.512 e. The third-order valence-electron chi connectivity index (χ3n) is 3.30. The Morgan fingerprint density at radius 3 is 2.42 bits per heavy atom. The van der Waals surface area contributed by atoms with Gasteiger partial charge in [0, 0.05) is 26.2 Å². The minimum Gasteiger partial charge on any atom is -0.512 e. The molecule has 0 amide bonds. The number of hydrogen-bond donors (Lipinski definition) is 1. The van der Waals surface area contributed by atoms with Gasteiger partial charge in [0.25, 0.3) is 0 Å². The van der Waals surface area contributed by atoms with Crippen LogP contribution in [0.2, 0.25) is 0 Å². The third-order valence-corrected chi connectivity index (χ3v) is 3.30. The van der Waals surface area contributed by atoms with Gasteiger partial charge in [-0.25, -0.2) is 4.39 Å². The number of allylic oxidation sites excluding steroid dienone is 2. The molecule has 26 heavy (non-hydrogen) atoms. The molecule has 1 N–H and O–H groups in total. The zero-order chi connectivity index (χ0) is 18.4. The zero-order valence-electron chi connectivity index (χ0n) is 14.7. The molecule has 0 bridgehead atoms. The van der Waals surface area contributed by atoms with E-state index in [1.165, 1.54) is 32.1 Å². The molecule has 1 radical (unpaired) electrons. The van der Waals surface area contributed by atoms with Gasteiger partial charge >= 0.3 is 0 Å². The first-order valence-corrected chi connectivity index (χ1v) is 7.78. The van der Waals surface area contributed by atoms with Gasteiger partial charge in [-0.3, -0.25) is 9.78 Å². The van der Waals surface area contributed by atoms with Crippen molar-refractivity contribution in [2.45, 2.75) is 20.8 Å². The molecule has 0 unspecified atom stereocenters. The van der Waals surface area contributed by atoms with Crippen LogP contribution in [0.15, 0.2) is 60.4 Å². The number of pyridine rings is 1. The van der Waals surface area contributed by atoms with E-state index in [0.29, 0.717) is 5.52 Å². The summed E-state index contributed by atoms with van der Waals surface area (Å²) in [5, 5.41) is 9.30. The number of ketones is 1. The van der Waals surface area contributed by atoms with Gasteiger partial charge in [0.2, 0.25) is 0 Å². The van der Waals surface area contributed by atoms with Crippen molar-refractivity contribution in [2.24, 2.45) is 0 Å². The van der Waals surface area contributed by atoms with Crippen molar-refractivity contribution in [3.63, 3.8) is 0 Å². The molecule has 3 rings (SSSR count). The number of benzene rings is 2. The molecule has 0 fully saturated rings. The van der Waals surface area contributed by atoms with Crippen LogP contribution in [0.5, 0.6) is 0 Å². The Morgan fingerprint density at radius 2 is 1.85 bits per heavy atom. The van der Waals surface area contributed by atoms with Gasteiger partial charge in [0.05, 0.1) is 11.3 Å². The van der Waals surface area contributed by atoms with Crippen LogP contribution in [0.1, 0.15) is 19.4 Å². The monoisotopic (exact) mass is 529 g/mol. The van der Waals surface area contributed by atoms with Crippen LogP contribution in [0.25, 0.3) is 22.2 Å². The summed E-state index contributed by atoms with van der Waals surface area (Å²) in [6.45, 7) is 4.87. The van der Waals surface area contributed by atoms with Crippen molar-refractivity contribution < 1.29 is 34.4 Å². The van der Waals surface area contributed by atoms with Crippen molar-refractivity contribution in [1.82, 2.24) is 4.98 Å².